The smallest absolute Gasteiger partial charge is 0.242 e. The van der Waals surface area contributed by atoms with Gasteiger partial charge in [-0.3, -0.25) is 14.7 Å². The SMILES string of the molecule is CN(C)[C@H](C(=O)NC1CCN(c2cnccn2)CC1)c1cccc(F)c1. The van der Waals surface area contributed by atoms with Crippen LogP contribution in [-0.4, -0.2) is 54.0 Å². The van der Waals surface area contributed by atoms with Crippen molar-refractivity contribution >= 4 is 11.7 Å². The second kappa shape index (κ2) is 8.23. The number of amides is 1. The molecular weight excluding hydrogens is 333 g/mol. The quantitative estimate of drug-likeness (QED) is 0.887. The third-order valence-electron chi connectivity index (χ3n) is 4.64. The fraction of sp³-hybridized carbons (Fsp3) is 0.421. The van der Waals surface area contributed by atoms with Crippen LogP contribution in [0, 0.1) is 5.82 Å². The number of benzene rings is 1. The summed E-state index contributed by atoms with van der Waals surface area (Å²) in [6.45, 7) is 1.63. The number of anilines is 1. The predicted molar refractivity (Wildman–Crippen MR) is 98.2 cm³/mol. The van der Waals surface area contributed by atoms with Crippen molar-refractivity contribution in [2.75, 3.05) is 32.1 Å². The minimum Gasteiger partial charge on any atom is -0.355 e. The Balaban J connectivity index is 1.60. The van der Waals surface area contributed by atoms with E-state index < -0.39 is 6.04 Å². The van der Waals surface area contributed by atoms with Crippen LogP contribution < -0.4 is 10.2 Å². The van der Waals surface area contributed by atoms with Gasteiger partial charge in [0.1, 0.15) is 17.7 Å². The van der Waals surface area contributed by atoms with E-state index in [1.807, 2.05) is 14.1 Å². The maximum atomic E-state index is 13.6. The van der Waals surface area contributed by atoms with Gasteiger partial charge in [-0.05, 0) is 44.6 Å². The second-order valence-corrected chi connectivity index (χ2v) is 6.75. The molecule has 1 amide bonds. The van der Waals surface area contributed by atoms with Crippen molar-refractivity contribution < 1.29 is 9.18 Å². The summed E-state index contributed by atoms with van der Waals surface area (Å²) in [7, 11) is 3.65. The molecule has 6 nitrogen and oxygen atoms in total. The van der Waals surface area contributed by atoms with Gasteiger partial charge in [0.2, 0.25) is 5.91 Å². The molecule has 138 valence electrons. The average Bonchev–Trinajstić information content (AvgIpc) is 2.63. The Kier molecular flexibility index (Phi) is 5.78. The van der Waals surface area contributed by atoms with E-state index in [1.54, 1.807) is 35.6 Å². The molecule has 2 aromatic rings. The highest BCUT2D eigenvalue weighted by atomic mass is 19.1. The summed E-state index contributed by atoms with van der Waals surface area (Å²) in [5.41, 5.74) is 0.657. The van der Waals surface area contributed by atoms with Gasteiger partial charge >= 0.3 is 0 Å². The number of likely N-dealkylation sites (N-methyl/N-ethyl adjacent to an activating group) is 1. The highest BCUT2D eigenvalue weighted by Gasteiger charge is 2.27. The Bertz CT molecular complexity index is 732. The Morgan fingerprint density at radius 1 is 1.31 bits per heavy atom. The van der Waals surface area contributed by atoms with Crippen LogP contribution in [0.5, 0.6) is 0 Å². The molecule has 1 aromatic carbocycles. The standard InChI is InChI=1S/C19H24FN5O/c1-24(2)18(14-4-3-5-15(20)12-14)19(26)23-16-6-10-25(11-7-16)17-13-21-8-9-22-17/h3-5,8-9,12-13,16,18H,6-7,10-11H2,1-2H3,(H,23,26)/t18-/m0/s1. The number of halogens is 1. The average molecular weight is 357 g/mol. The molecule has 2 heterocycles. The third-order valence-corrected chi connectivity index (χ3v) is 4.64. The summed E-state index contributed by atoms with van der Waals surface area (Å²) in [5, 5.41) is 3.12. The molecule has 26 heavy (non-hydrogen) atoms. The van der Waals surface area contributed by atoms with Crippen LogP contribution in [0.15, 0.2) is 42.9 Å². The maximum absolute atomic E-state index is 13.6. The Hall–Kier alpha value is -2.54. The summed E-state index contributed by atoms with van der Waals surface area (Å²) in [6, 6.07) is 5.81. The number of rotatable bonds is 5. The van der Waals surface area contributed by atoms with Crippen LogP contribution >= 0.6 is 0 Å². The first-order valence-electron chi connectivity index (χ1n) is 8.78. The van der Waals surface area contributed by atoms with Crippen molar-refractivity contribution in [3.63, 3.8) is 0 Å². The number of hydrogen-bond acceptors (Lipinski definition) is 5. The number of nitrogens with zero attached hydrogens (tertiary/aromatic N) is 4. The summed E-state index contributed by atoms with van der Waals surface area (Å²) in [5.74, 6) is 0.432. The molecule has 1 saturated heterocycles. The largest absolute Gasteiger partial charge is 0.355 e. The van der Waals surface area contributed by atoms with E-state index >= 15 is 0 Å². The summed E-state index contributed by atoms with van der Waals surface area (Å²) in [6.07, 6.45) is 6.77. The molecule has 1 atom stereocenters. The van der Waals surface area contributed by atoms with Crippen LogP contribution in [0.1, 0.15) is 24.4 Å². The third kappa shape index (κ3) is 4.35. The van der Waals surface area contributed by atoms with Gasteiger partial charge in [-0.15, -0.1) is 0 Å². The molecule has 0 unspecified atom stereocenters. The number of carbonyl (C=O) groups is 1. The molecule has 1 aromatic heterocycles. The van der Waals surface area contributed by atoms with Gasteiger partial charge in [0.05, 0.1) is 6.20 Å². The molecule has 1 aliphatic heterocycles. The number of carbonyl (C=O) groups excluding carboxylic acids is 1. The normalized spacial score (nSPS) is 16.5. The second-order valence-electron chi connectivity index (χ2n) is 6.75. The summed E-state index contributed by atoms with van der Waals surface area (Å²) in [4.78, 5) is 25.2. The van der Waals surface area contributed by atoms with Gasteiger partial charge < -0.3 is 10.2 Å². The molecular formula is C19H24FN5O. The van der Waals surface area contributed by atoms with Crippen molar-refractivity contribution in [2.24, 2.45) is 0 Å². The zero-order chi connectivity index (χ0) is 18.5. The van der Waals surface area contributed by atoms with Gasteiger partial charge in [0.25, 0.3) is 0 Å². The molecule has 7 heteroatoms. The summed E-state index contributed by atoms with van der Waals surface area (Å²) < 4.78 is 13.6. The van der Waals surface area contributed by atoms with E-state index in [4.69, 9.17) is 0 Å². The lowest BCUT2D eigenvalue weighted by molar-refractivity contribution is -0.126. The topological polar surface area (TPSA) is 61.4 Å². The lowest BCUT2D eigenvalue weighted by Gasteiger charge is -2.34. The van der Waals surface area contributed by atoms with Crippen molar-refractivity contribution in [1.82, 2.24) is 20.2 Å². The zero-order valence-corrected chi connectivity index (χ0v) is 15.1. The maximum Gasteiger partial charge on any atom is 0.242 e. The molecule has 1 aliphatic rings. The van der Waals surface area contributed by atoms with Crippen molar-refractivity contribution in [3.05, 3.63) is 54.2 Å². The van der Waals surface area contributed by atoms with Crippen LogP contribution in [0.3, 0.4) is 0 Å². The Morgan fingerprint density at radius 2 is 2.08 bits per heavy atom. The molecule has 3 rings (SSSR count). The van der Waals surface area contributed by atoms with E-state index in [0.29, 0.717) is 5.56 Å². The van der Waals surface area contributed by atoms with Crippen LogP contribution in [0.25, 0.3) is 0 Å². The first kappa shape index (κ1) is 18.3. The van der Waals surface area contributed by atoms with Gasteiger partial charge in [-0.25, -0.2) is 9.37 Å². The van der Waals surface area contributed by atoms with Crippen LogP contribution in [0.4, 0.5) is 10.2 Å². The summed E-state index contributed by atoms with van der Waals surface area (Å²) >= 11 is 0. The van der Waals surface area contributed by atoms with E-state index in [0.717, 1.165) is 31.7 Å². The lowest BCUT2D eigenvalue weighted by Crippen LogP contribution is -2.48. The predicted octanol–water partition coefficient (Wildman–Crippen LogP) is 2.00. The first-order chi connectivity index (χ1) is 12.5. The van der Waals surface area contributed by atoms with Gasteiger partial charge in [-0.2, -0.15) is 0 Å². The van der Waals surface area contributed by atoms with E-state index in [-0.39, 0.29) is 17.8 Å². The highest BCUT2D eigenvalue weighted by Crippen LogP contribution is 2.21. The van der Waals surface area contributed by atoms with Gasteiger partial charge in [0.15, 0.2) is 0 Å². The van der Waals surface area contributed by atoms with E-state index in [9.17, 15) is 9.18 Å². The van der Waals surface area contributed by atoms with Crippen LogP contribution in [0.2, 0.25) is 0 Å². The number of hydrogen-bond donors (Lipinski definition) is 1. The fourth-order valence-corrected chi connectivity index (χ4v) is 3.35. The minimum atomic E-state index is -0.510. The number of aromatic nitrogens is 2. The molecule has 1 N–H and O–H groups in total. The monoisotopic (exact) mass is 357 g/mol. The van der Waals surface area contributed by atoms with Gasteiger partial charge in [0, 0.05) is 31.5 Å². The minimum absolute atomic E-state index is 0.0986. The molecule has 0 radical (unpaired) electrons. The van der Waals surface area contributed by atoms with E-state index in [1.165, 1.54) is 12.1 Å². The van der Waals surface area contributed by atoms with Crippen molar-refractivity contribution in [1.29, 1.82) is 0 Å². The van der Waals surface area contributed by atoms with Crippen LogP contribution in [-0.2, 0) is 4.79 Å². The number of piperidine rings is 1. The molecule has 0 aliphatic carbocycles. The Labute approximate surface area is 153 Å². The van der Waals surface area contributed by atoms with Gasteiger partial charge in [-0.1, -0.05) is 12.1 Å². The lowest BCUT2D eigenvalue weighted by atomic mass is 10.0. The molecule has 1 fully saturated rings. The van der Waals surface area contributed by atoms with Crippen molar-refractivity contribution in [2.45, 2.75) is 24.9 Å². The Morgan fingerprint density at radius 3 is 2.69 bits per heavy atom. The highest BCUT2D eigenvalue weighted by molar-refractivity contribution is 5.83. The fourth-order valence-electron chi connectivity index (χ4n) is 3.35. The zero-order valence-electron chi connectivity index (χ0n) is 15.1. The van der Waals surface area contributed by atoms with Crippen molar-refractivity contribution in [3.8, 4) is 0 Å². The van der Waals surface area contributed by atoms with E-state index in [2.05, 4.69) is 20.2 Å². The first-order valence-corrected chi connectivity index (χ1v) is 8.78. The molecule has 0 bridgehead atoms. The molecule has 0 spiro atoms. The molecule has 0 saturated carbocycles. The number of nitrogens with one attached hydrogen (secondary N) is 1.